The lowest BCUT2D eigenvalue weighted by atomic mass is 10.3. The summed E-state index contributed by atoms with van der Waals surface area (Å²) in [5.41, 5.74) is 1.91. The molecule has 0 bridgehead atoms. The number of benzene rings is 1. The van der Waals surface area contributed by atoms with E-state index in [0.29, 0.717) is 16.7 Å². The maximum atomic E-state index is 6.78. The molecule has 5 nitrogen and oxygen atoms in total. The Morgan fingerprint density at radius 1 is 1.50 bits per heavy atom. The lowest BCUT2D eigenvalue weighted by Crippen LogP contribution is -2.09. The molecule has 0 amide bonds. The lowest BCUT2D eigenvalue weighted by molar-refractivity contribution is 0.787. The van der Waals surface area contributed by atoms with Crippen LogP contribution in [0.3, 0.4) is 0 Å². The molecule has 0 aliphatic rings. The summed E-state index contributed by atoms with van der Waals surface area (Å²) in [6.07, 6.45) is 0. The molecule has 0 saturated carbocycles. The zero-order chi connectivity index (χ0) is 8.55. The second kappa shape index (κ2) is 2.20. The third-order valence-corrected chi connectivity index (χ3v) is 1.58. The van der Waals surface area contributed by atoms with Gasteiger partial charge in [0.2, 0.25) is 0 Å². The number of nitrogens with zero attached hydrogens (tertiary/aromatic N) is 4. The minimum absolute atomic E-state index is 0.538. The molecular weight excluding hydrogens is 154 g/mol. The third-order valence-electron chi connectivity index (χ3n) is 1.58. The molecule has 0 fully saturated rings. The van der Waals surface area contributed by atoms with Gasteiger partial charge in [-0.05, 0) is 17.3 Å². The van der Waals surface area contributed by atoms with Gasteiger partial charge in [0.05, 0.1) is 6.57 Å². The molecule has 5 heteroatoms. The Balaban J connectivity index is 2.82. The molecule has 0 radical (unpaired) electrons. The highest BCUT2D eigenvalue weighted by Gasteiger charge is 2.01. The summed E-state index contributed by atoms with van der Waals surface area (Å²) >= 11 is 0. The van der Waals surface area contributed by atoms with E-state index in [1.807, 2.05) is 0 Å². The van der Waals surface area contributed by atoms with Gasteiger partial charge in [-0.15, -0.1) is 5.10 Å². The quantitative estimate of drug-likeness (QED) is 0.454. The fraction of sp³-hybridized carbons (Fsp3) is 0. The predicted octanol–water partition coefficient (Wildman–Crippen LogP) is 0.696. The molecule has 0 unspecified atom stereocenters. The number of aromatic nitrogens is 3. The van der Waals surface area contributed by atoms with Gasteiger partial charge in [0.1, 0.15) is 11.0 Å². The van der Waals surface area contributed by atoms with Gasteiger partial charge >= 0.3 is 0 Å². The van der Waals surface area contributed by atoms with E-state index < -0.39 is 0 Å². The summed E-state index contributed by atoms with van der Waals surface area (Å²) in [6.45, 7) is 6.78. The number of hydrogen-bond donors (Lipinski definition) is 1. The van der Waals surface area contributed by atoms with Crippen molar-refractivity contribution in [2.24, 2.45) is 0 Å². The number of fused-ring (bicyclic) bond motifs is 1. The fourth-order valence-electron chi connectivity index (χ4n) is 0.994. The highest BCUT2D eigenvalue weighted by Crippen LogP contribution is 2.17. The molecule has 12 heavy (non-hydrogen) atoms. The molecule has 2 rings (SSSR count). The van der Waals surface area contributed by atoms with Crippen molar-refractivity contribution in [2.75, 3.05) is 5.84 Å². The van der Waals surface area contributed by atoms with Crippen molar-refractivity contribution in [2.45, 2.75) is 0 Å². The van der Waals surface area contributed by atoms with Crippen LogP contribution in [0.5, 0.6) is 0 Å². The molecule has 2 aromatic rings. The molecule has 1 aromatic heterocycles. The topological polar surface area (TPSA) is 61.1 Å². The molecular formula is C7H5N5. The van der Waals surface area contributed by atoms with E-state index in [-0.39, 0.29) is 0 Å². The van der Waals surface area contributed by atoms with Crippen LogP contribution in [0.1, 0.15) is 0 Å². The average Bonchev–Trinajstić information content (AvgIpc) is 2.47. The Morgan fingerprint density at radius 2 is 2.33 bits per heavy atom. The minimum atomic E-state index is 0.538. The van der Waals surface area contributed by atoms with Crippen LogP contribution in [-0.4, -0.2) is 15.1 Å². The van der Waals surface area contributed by atoms with Crippen LogP contribution in [0.4, 0.5) is 5.69 Å². The van der Waals surface area contributed by atoms with Crippen LogP contribution in [-0.2, 0) is 0 Å². The van der Waals surface area contributed by atoms with Crippen LogP contribution in [0.25, 0.3) is 15.9 Å². The first kappa shape index (κ1) is 6.61. The second-order valence-electron chi connectivity index (χ2n) is 2.32. The molecule has 2 N–H and O–H groups in total. The first-order valence-corrected chi connectivity index (χ1v) is 3.29. The van der Waals surface area contributed by atoms with Gasteiger partial charge in [-0.3, -0.25) is 0 Å². The molecule has 0 aliphatic heterocycles. The highest BCUT2D eigenvalue weighted by atomic mass is 15.6. The standard InChI is InChI=1S/C7H5N5/c1-9-5-2-3-6-7(4-5)12(8)11-10-6/h2-4H,8H2. The Kier molecular flexibility index (Phi) is 1.21. The van der Waals surface area contributed by atoms with Crippen molar-refractivity contribution in [3.05, 3.63) is 29.6 Å². The molecule has 0 saturated heterocycles. The van der Waals surface area contributed by atoms with E-state index >= 15 is 0 Å². The van der Waals surface area contributed by atoms with Crippen LogP contribution in [0, 0.1) is 6.57 Å². The lowest BCUT2D eigenvalue weighted by Gasteiger charge is -1.91. The second-order valence-corrected chi connectivity index (χ2v) is 2.32. The van der Waals surface area contributed by atoms with E-state index in [0.717, 1.165) is 4.79 Å². The maximum absolute atomic E-state index is 6.78. The first-order valence-electron chi connectivity index (χ1n) is 3.29. The highest BCUT2D eigenvalue weighted by molar-refractivity contribution is 5.78. The van der Waals surface area contributed by atoms with E-state index in [2.05, 4.69) is 15.2 Å². The van der Waals surface area contributed by atoms with Crippen molar-refractivity contribution in [3.63, 3.8) is 0 Å². The Labute approximate surface area is 68.2 Å². The molecule has 1 heterocycles. The van der Waals surface area contributed by atoms with Crippen LogP contribution in [0.15, 0.2) is 18.2 Å². The minimum Gasteiger partial charge on any atom is -0.321 e. The maximum Gasteiger partial charge on any atom is 0.189 e. The Bertz CT molecular complexity index is 464. The number of rotatable bonds is 0. The fourth-order valence-corrected chi connectivity index (χ4v) is 0.994. The van der Waals surface area contributed by atoms with E-state index in [9.17, 15) is 0 Å². The SMILES string of the molecule is [C-]#[N+]c1ccc2nnn(N)c2c1. The van der Waals surface area contributed by atoms with Gasteiger partial charge in [0, 0.05) is 0 Å². The van der Waals surface area contributed by atoms with E-state index in [1.54, 1.807) is 18.2 Å². The van der Waals surface area contributed by atoms with Crippen molar-refractivity contribution in [3.8, 4) is 0 Å². The zero-order valence-electron chi connectivity index (χ0n) is 6.10. The summed E-state index contributed by atoms with van der Waals surface area (Å²) in [6, 6.07) is 5.06. The van der Waals surface area contributed by atoms with Crippen LogP contribution >= 0.6 is 0 Å². The van der Waals surface area contributed by atoms with Crippen molar-refractivity contribution >= 4 is 16.7 Å². The summed E-state index contributed by atoms with van der Waals surface area (Å²) < 4.78 is 0. The Hall–Kier alpha value is -2.09. The van der Waals surface area contributed by atoms with Gasteiger partial charge in [-0.2, -0.15) is 4.79 Å². The Morgan fingerprint density at radius 3 is 3.08 bits per heavy atom. The van der Waals surface area contributed by atoms with Gasteiger partial charge in [0.25, 0.3) is 0 Å². The van der Waals surface area contributed by atoms with E-state index in [4.69, 9.17) is 12.4 Å². The summed E-state index contributed by atoms with van der Waals surface area (Å²) in [4.78, 5) is 4.42. The number of nitrogens with two attached hydrogens (primary N) is 1. The number of nitrogen functional groups attached to an aromatic ring is 1. The van der Waals surface area contributed by atoms with Gasteiger partial charge in [0.15, 0.2) is 5.69 Å². The van der Waals surface area contributed by atoms with Gasteiger partial charge in [-0.1, -0.05) is 6.07 Å². The molecule has 0 atom stereocenters. The number of hydrogen-bond acceptors (Lipinski definition) is 3. The summed E-state index contributed by atoms with van der Waals surface area (Å²) in [7, 11) is 0. The monoisotopic (exact) mass is 159 g/mol. The molecule has 0 spiro atoms. The predicted molar refractivity (Wildman–Crippen MR) is 43.9 cm³/mol. The zero-order valence-corrected chi connectivity index (χ0v) is 6.10. The average molecular weight is 159 g/mol. The van der Waals surface area contributed by atoms with Crippen LogP contribution < -0.4 is 5.84 Å². The molecule has 58 valence electrons. The van der Waals surface area contributed by atoms with Gasteiger partial charge in [-0.25, -0.2) is 4.85 Å². The van der Waals surface area contributed by atoms with E-state index in [1.165, 1.54) is 0 Å². The van der Waals surface area contributed by atoms with Gasteiger partial charge < -0.3 is 5.84 Å². The first-order chi connectivity index (χ1) is 5.81. The molecule has 1 aromatic carbocycles. The van der Waals surface area contributed by atoms with Crippen molar-refractivity contribution in [1.82, 2.24) is 15.1 Å². The van der Waals surface area contributed by atoms with Crippen molar-refractivity contribution in [1.29, 1.82) is 0 Å². The van der Waals surface area contributed by atoms with Crippen LogP contribution in [0.2, 0.25) is 0 Å². The normalized spacial score (nSPS) is 9.92. The summed E-state index contributed by atoms with van der Waals surface area (Å²) in [5.74, 6) is 5.44. The molecule has 0 aliphatic carbocycles. The van der Waals surface area contributed by atoms with Crippen molar-refractivity contribution < 1.29 is 0 Å². The summed E-state index contributed by atoms with van der Waals surface area (Å²) in [5, 5.41) is 7.39. The third kappa shape index (κ3) is 0.787. The largest absolute Gasteiger partial charge is 0.321 e. The smallest absolute Gasteiger partial charge is 0.189 e.